The third-order valence-electron chi connectivity index (χ3n) is 8.96. The Morgan fingerprint density at radius 1 is 0.796 bits per heavy atom. The Morgan fingerprint density at radius 2 is 1.37 bits per heavy atom. The van der Waals surface area contributed by atoms with Crippen molar-refractivity contribution in [2.24, 2.45) is 17.4 Å². The average Bonchev–Trinajstić information content (AvgIpc) is 3.34. The lowest BCUT2D eigenvalue weighted by atomic mass is 9.69. The van der Waals surface area contributed by atoms with Gasteiger partial charge in [-0.05, 0) is 74.4 Å². The first-order valence-electron chi connectivity index (χ1n) is 17.6. The van der Waals surface area contributed by atoms with Crippen LogP contribution in [0.2, 0.25) is 5.82 Å². The second-order valence-electron chi connectivity index (χ2n) is 13.5. The van der Waals surface area contributed by atoms with Crippen LogP contribution in [0.15, 0.2) is 60.7 Å². The van der Waals surface area contributed by atoms with Crippen LogP contribution in [0.1, 0.15) is 69.9 Å². The predicted octanol–water partition coefficient (Wildman–Crippen LogP) is 1.28. The van der Waals surface area contributed by atoms with E-state index >= 15 is 0 Å². The molecule has 0 bridgehead atoms. The van der Waals surface area contributed by atoms with E-state index in [1.54, 1.807) is 4.90 Å². The molecule has 1 aliphatic heterocycles. The molecule has 0 spiro atoms. The third kappa shape index (κ3) is 13.6. The van der Waals surface area contributed by atoms with Gasteiger partial charge in [0.25, 0.3) is 0 Å². The number of nitrogens with one attached hydrogen (secondary N) is 3. The highest BCUT2D eigenvalue weighted by atomic mass is 16.4. The van der Waals surface area contributed by atoms with Crippen molar-refractivity contribution in [1.82, 2.24) is 20.9 Å². The highest BCUT2D eigenvalue weighted by molar-refractivity contribution is 6.43. The second-order valence-corrected chi connectivity index (χ2v) is 13.5. The number of rotatable bonds is 18. The van der Waals surface area contributed by atoms with E-state index < -0.39 is 49.0 Å². The quantitative estimate of drug-likeness (QED) is 0.0903. The molecule has 0 saturated carbocycles. The molecule has 0 aromatic heterocycles. The molecule has 1 heterocycles. The number of amides is 4. The molecule has 12 nitrogen and oxygen atoms in total. The lowest BCUT2D eigenvalue weighted by Gasteiger charge is -2.29. The Labute approximate surface area is 290 Å². The maximum atomic E-state index is 13.9. The average molecular weight is 679 g/mol. The minimum Gasteiger partial charge on any atom is -0.427 e. The molecule has 0 radical (unpaired) electrons. The number of likely N-dealkylation sites (tertiary alicyclic amines) is 1. The van der Waals surface area contributed by atoms with Crippen LogP contribution in [0, 0.1) is 5.92 Å². The minimum absolute atomic E-state index is 0.0244. The number of carbonyl (C=O) groups is 4. The number of unbranched alkanes of at least 4 members (excludes halogenated alkanes) is 1. The zero-order valence-corrected chi connectivity index (χ0v) is 28.9. The van der Waals surface area contributed by atoms with E-state index in [0.717, 1.165) is 11.1 Å². The third-order valence-corrected chi connectivity index (χ3v) is 8.96. The van der Waals surface area contributed by atoms with Gasteiger partial charge in [0.1, 0.15) is 18.1 Å². The first-order chi connectivity index (χ1) is 23.5. The van der Waals surface area contributed by atoms with Gasteiger partial charge < -0.3 is 42.4 Å². The lowest BCUT2D eigenvalue weighted by molar-refractivity contribution is -0.138. The summed E-state index contributed by atoms with van der Waals surface area (Å²) in [5.74, 6) is -2.03. The van der Waals surface area contributed by atoms with E-state index in [4.69, 9.17) is 11.5 Å². The van der Waals surface area contributed by atoms with Gasteiger partial charge in [-0.1, -0.05) is 80.9 Å². The summed E-state index contributed by atoms with van der Waals surface area (Å²) in [4.78, 5) is 56.4. The van der Waals surface area contributed by atoms with Gasteiger partial charge in [0.2, 0.25) is 23.6 Å². The van der Waals surface area contributed by atoms with Crippen LogP contribution in [0.4, 0.5) is 0 Å². The molecule has 5 atom stereocenters. The highest BCUT2D eigenvalue weighted by Crippen LogP contribution is 2.24. The lowest BCUT2D eigenvalue weighted by Crippen LogP contribution is -2.58. The van der Waals surface area contributed by atoms with Crippen molar-refractivity contribution in [1.29, 1.82) is 0 Å². The van der Waals surface area contributed by atoms with Crippen molar-refractivity contribution in [3.05, 3.63) is 71.8 Å². The molecule has 1 fully saturated rings. The molecule has 1 aliphatic rings. The number of carbonyl (C=O) groups excluding carboxylic acids is 4. The summed E-state index contributed by atoms with van der Waals surface area (Å²) >= 11 is 0. The molecule has 1 saturated heterocycles. The van der Waals surface area contributed by atoms with Gasteiger partial charge in [-0.2, -0.15) is 0 Å². The number of nitrogens with two attached hydrogens (primary N) is 2. The van der Waals surface area contributed by atoms with Gasteiger partial charge in [-0.15, -0.1) is 0 Å². The fourth-order valence-electron chi connectivity index (χ4n) is 6.16. The summed E-state index contributed by atoms with van der Waals surface area (Å²) in [6.07, 6.45) is 4.11. The minimum atomic E-state index is -1.44. The molecule has 1 unspecified atom stereocenters. The largest absolute Gasteiger partial charge is 0.454 e. The van der Waals surface area contributed by atoms with Gasteiger partial charge in [0.15, 0.2) is 0 Å². The van der Waals surface area contributed by atoms with Gasteiger partial charge in [-0.25, -0.2) is 0 Å². The van der Waals surface area contributed by atoms with Crippen LogP contribution in [-0.2, 0) is 32.0 Å². The number of nitrogens with zero attached hydrogens (tertiary/aromatic N) is 1. The van der Waals surface area contributed by atoms with Gasteiger partial charge in [0, 0.05) is 19.5 Å². The maximum Gasteiger partial charge on any atom is 0.454 e. The first-order valence-corrected chi connectivity index (χ1v) is 17.6. The zero-order valence-electron chi connectivity index (χ0n) is 28.9. The molecule has 0 aliphatic carbocycles. The van der Waals surface area contributed by atoms with E-state index in [0.29, 0.717) is 71.0 Å². The van der Waals surface area contributed by atoms with Crippen LogP contribution in [-0.4, -0.2) is 89.5 Å². The Hall–Kier alpha value is -3.78. The van der Waals surface area contributed by atoms with Crippen LogP contribution < -0.4 is 27.4 Å². The number of hydrogen-bond acceptors (Lipinski definition) is 8. The summed E-state index contributed by atoms with van der Waals surface area (Å²) in [5, 5.41) is 28.0. The molecule has 3 rings (SSSR count). The molecular weight excluding hydrogens is 623 g/mol. The predicted molar refractivity (Wildman–Crippen MR) is 191 cm³/mol. The molecule has 268 valence electrons. The van der Waals surface area contributed by atoms with Crippen molar-refractivity contribution in [3.63, 3.8) is 0 Å². The van der Waals surface area contributed by atoms with Crippen molar-refractivity contribution in [2.75, 3.05) is 19.6 Å². The molecule has 49 heavy (non-hydrogen) atoms. The molecular formula is C36H55BN6O6. The summed E-state index contributed by atoms with van der Waals surface area (Å²) in [5.41, 5.74) is 13.7. The summed E-state index contributed by atoms with van der Waals surface area (Å²) < 4.78 is 0. The van der Waals surface area contributed by atoms with Crippen LogP contribution in [0.5, 0.6) is 0 Å². The summed E-state index contributed by atoms with van der Waals surface area (Å²) in [6, 6.07) is 15.0. The monoisotopic (exact) mass is 678 g/mol. The topological polar surface area (TPSA) is 200 Å². The number of hydrogen-bond donors (Lipinski definition) is 7. The van der Waals surface area contributed by atoms with E-state index in [-0.39, 0.29) is 24.1 Å². The summed E-state index contributed by atoms with van der Waals surface area (Å²) in [6.45, 7) is 5.12. The van der Waals surface area contributed by atoms with Crippen LogP contribution in [0.25, 0.3) is 0 Å². The van der Waals surface area contributed by atoms with Gasteiger partial charge >= 0.3 is 7.12 Å². The standard InChI is InChI=1S/C36H55BN6O6/c1-25(2)22-31(34(45)40-30(17-9-10-19-38)36(47)43-20-11-16-28(18-21-43)37(48)49)42-35(46)32(24-27-14-7-4-8-15-27)41-33(44)29(39)23-26-12-5-3-6-13-26/h3-8,12-15,25,28-32,48-49H,9-11,16-24,38-39H2,1-2H3,(H,40,45)(H,41,44)(H,42,46)/t28?,29-,30-,31-,32-/m1/s1. The molecule has 2 aromatic rings. The Kier molecular flexibility index (Phi) is 16.7. The van der Waals surface area contributed by atoms with Crippen molar-refractivity contribution < 1.29 is 29.2 Å². The fraction of sp³-hybridized carbons (Fsp3) is 0.556. The van der Waals surface area contributed by atoms with Gasteiger partial charge in [0.05, 0.1) is 6.04 Å². The van der Waals surface area contributed by atoms with E-state index in [1.807, 2.05) is 74.5 Å². The first kappa shape index (κ1) is 39.7. The molecule has 2 aromatic carbocycles. The fourth-order valence-corrected chi connectivity index (χ4v) is 6.16. The second kappa shape index (κ2) is 20.7. The SMILES string of the molecule is CC(C)C[C@@H](NC(=O)[C@@H](Cc1ccccc1)NC(=O)[C@H](N)Cc1ccccc1)C(=O)N[C@H](CCCCN)C(=O)N1CCCC(B(O)O)CC1. The molecule has 13 heteroatoms. The smallest absolute Gasteiger partial charge is 0.427 e. The van der Waals surface area contributed by atoms with E-state index in [1.165, 1.54) is 0 Å². The van der Waals surface area contributed by atoms with Crippen LogP contribution >= 0.6 is 0 Å². The Bertz CT molecular complexity index is 1320. The zero-order chi connectivity index (χ0) is 35.8. The van der Waals surface area contributed by atoms with Crippen molar-refractivity contribution in [3.8, 4) is 0 Å². The summed E-state index contributed by atoms with van der Waals surface area (Å²) in [7, 11) is -1.44. The molecule has 9 N–H and O–H groups in total. The maximum absolute atomic E-state index is 13.9. The number of benzene rings is 2. The van der Waals surface area contributed by atoms with Crippen molar-refractivity contribution >= 4 is 30.7 Å². The van der Waals surface area contributed by atoms with Crippen LogP contribution in [0.3, 0.4) is 0 Å². The van der Waals surface area contributed by atoms with E-state index in [2.05, 4.69) is 16.0 Å². The Balaban J connectivity index is 1.77. The van der Waals surface area contributed by atoms with E-state index in [9.17, 15) is 29.2 Å². The van der Waals surface area contributed by atoms with Gasteiger partial charge in [-0.3, -0.25) is 19.2 Å². The highest BCUT2D eigenvalue weighted by Gasteiger charge is 2.34. The Morgan fingerprint density at radius 3 is 1.96 bits per heavy atom. The van der Waals surface area contributed by atoms with Crippen molar-refractivity contribution in [2.45, 2.75) is 102 Å². The normalized spacial score (nSPS) is 17.3. The molecule has 4 amide bonds.